The van der Waals surface area contributed by atoms with Crippen molar-refractivity contribution in [3.63, 3.8) is 0 Å². The fraction of sp³-hybridized carbons (Fsp3) is 0.259. The number of fused-ring (bicyclic) bond motifs is 1. The van der Waals surface area contributed by atoms with Crippen LogP contribution in [0.2, 0.25) is 0 Å². The number of pyridine rings is 1. The van der Waals surface area contributed by atoms with Crippen molar-refractivity contribution in [1.29, 1.82) is 0 Å². The molecule has 2 aromatic carbocycles. The first-order chi connectivity index (χ1) is 16.0. The third-order valence-electron chi connectivity index (χ3n) is 5.67. The Morgan fingerprint density at radius 1 is 1.06 bits per heavy atom. The molecule has 4 aromatic rings. The van der Waals surface area contributed by atoms with Crippen LogP contribution in [0.15, 0.2) is 60.0 Å². The molecular formula is C27H28N2O3S. The maximum atomic E-state index is 13.4. The molecule has 0 saturated carbocycles. The topological polar surface area (TPSA) is 51.7 Å². The van der Waals surface area contributed by atoms with Crippen LogP contribution in [0, 0.1) is 13.8 Å². The molecule has 0 saturated heterocycles. The number of hydrogen-bond acceptors (Lipinski definition) is 5. The Morgan fingerprint density at radius 2 is 1.91 bits per heavy atom. The summed E-state index contributed by atoms with van der Waals surface area (Å²) in [6, 6.07) is 18.3. The zero-order valence-corrected chi connectivity index (χ0v) is 20.2. The summed E-state index contributed by atoms with van der Waals surface area (Å²) in [5.41, 5.74) is 5.91. The second kappa shape index (κ2) is 10.1. The van der Waals surface area contributed by atoms with E-state index in [2.05, 4.69) is 31.2 Å². The average molecular weight is 461 g/mol. The Morgan fingerprint density at radius 3 is 2.61 bits per heavy atom. The van der Waals surface area contributed by atoms with Gasteiger partial charge in [-0.1, -0.05) is 23.8 Å². The van der Waals surface area contributed by atoms with Gasteiger partial charge in [0.2, 0.25) is 0 Å². The van der Waals surface area contributed by atoms with Crippen LogP contribution in [-0.4, -0.2) is 43.2 Å². The summed E-state index contributed by atoms with van der Waals surface area (Å²) < 4.78 is 10.7. The van der Waals surface area contributed by atoms with Gasteiger partial charge in [0.15, 0.2) is 0 Å². The number of aromatic nitrogens is 1. The second-order valence-corrected chi connectivity index (χ2v) is 8.99. The van der Waals surface area contributed by atoms with Crippen molar-refractivity contribution in [2.45, 2.75) is 20.4 Å². The molecule has 0 fully saturated rings. The van der Waals surface area contributed by atoms with Crippen LogP contribution in [0.25, 0.3) is 22.2 Å². The lowest BCUT2D eigenvalue weighted by atomic mass is 10.0. The summed E-state index contributed by atoms with van der Waals surface area (Å²) in [5, 5.41) is 2.97. The first-order valence-electron chi connectivity index (χ1n) is 10.9. The predicted molar refractivity (Wildman–Crippen MR) is 134 cm³/mol. The number of nitrogens with zero attached hydrogens (tertiary/aromatic N) is 2. The van der Waals surface area contributed by atoms with Crippen LogP contribution in [0.5, 0.6) is 5.75 Å². The van der Waals surface area contributed by atoms with E-state index >= 15 is 0 Å². The summed E-state index contributed by atoms with van der Waals surface area (Å²) in [4.78, 5) is 21.1. The first kappa shape index (κ1) is 23.0. The monoisotopic (exact) mass is 460 g/mol. The highest BCUT2D eigenvalue weighted by Crippen LogP contribution is 2.30. The van der Waals surface area contributed by atoms with Gasteiger partial charge in [0, 0.05) is 37.2 Å². The number of amides is 1. The molecule has 2 aromatic heterocycles. The molecule has 33 heavy (non-hydrogen) atoms. The molecule has 170 valence electrons. The Kier molecular flexibility index (Phi) is 7.06. The Balaban J connectivity index is 1.81. The van der Waals surface area contributed by atoms with Crippen LogP contribution in [0.1, 0.15) is 26.4 Å². The van der Waals surface area contributed by atoms with Gasteiger partial charge in [-0.3, -0.25) is 4.79 Å². The van der Waals surface area contributed by atoms with Crippen molar-refractivity contribution >= 4 is 28.1 Å². The minimum atomic E-state index is 0.0181. The third-order valence-corrected chi connectivity index (χ3v) is 6.67. The molecule has 0 bridgehead atoms. The van der Waals surface area contributed by atoms with E-state index in [0.717, 1.165) is 49.5 Å². The van der Waals surface area contributed by atoms with Crippen LogP contribution >= 0.6 is 11.3 Å². The van der Waals surface area contributed by atoms with Gasteiger partial charge >= 0.3 is 0 Å². The Labute approximate surface area is 198 Å². The van der Waals surface area contributed by atoms with E-state index in [1.165, 1.54) is 11.3 Å². The fourth-order valence-corrected chi connectivity index (χ4v) is 4.77. The van der Waals surface area contributed by atoms with Gasteiger partial charge in [-0.2, -0.15) is 0 Å². The summed E-state index contributed by atoms with van der Waals surface area (Å²) in [5.74, 6) is 0.785. The average Bonchev–Trinajstić information content (AvgIpc) is 3.26. The number of carbonyl (C=O) groups excluding carboxylic acids is 1. The summed E-state index contributed by atoms with van der Waals surface area (Å²) in [7, 11) is 3.31. The SMILES string of the molecule is COCCN(Cc1cc2ccc(OC)cc2nc1-c1cccc(C)c1)C(=O)c1sccc1C. The van der Waals surface area contributed by atoms with Gasteiger partial charge in [0.25, 0.3) is 5.91 Å². The van der Waals surface area contributed by atoms with Crippen molar-refractivity contribution in [1.82, 2.24) is 9.88 Å². The second-order valence-electron chi connectivity index (χ2n) is 8.08. The van der Waals surface area contributed by atoms with Crippen molar-refractivity contribution < 1.29 is 14.3 Å². The number of aryl methyl sites for hydroxylation is 2. The van der Waals surface area contributed by atoms with Crippen LogP contribution in [0.4, 0.5) is 0 Å². The van der Waals surface area contributed by atoms with E-state index in [1.54, 1.807) is 14.2 Å². The molecule has 2 heterocycles. The molecule has 0 atom stereocenters. The van der Waals surface area contributed by atoms with E-state index in [9.17, 15) is 4.79 Å². The normalized spacial score (nSPS) is 11.0. The molecule has 0 spiro atoms. The lowest BCUT2D eigenvalue weighted by Crippen LogP contribution is -2.33. The van der Waals surface area contributed by atoms with Crippen LogP contribution in [0.3, 0.4) is 0 Å². The zero-order chi connectivity index (χ0) is 23.4. The third kappa shape index (κ3) is 5.07. The molecule has 4 rings (SSSR count). The van der Waals surface area contributed by atoms with E-state index in [4.69, 9.17) is 14.5 Å². The highest BCUT2D eigenvalue weighted by molar-refractivity contribution is 7.12. The van der Waals surface area contributed by atoms with Gasteiger partial charge in [0.05, 0.1) is 29.8 Å². The van der Waals surface area contributed by atoms with Gasteiger partial charge in [-0.15, -0.1) is 11.3 Å². The van der Waals surface area contributed by atoms with Crippen LogP contribution in [-0.2, 0) is 11.3 Å². The number of ether oxygens (including phenoxy) is 2. The molecule has 0 N–H and O–H groups in total. The highest BCUT2D eigenvalue weighted by Gasteiger charge is 2.21. The van der Waals surface area contributed by atoms with Crippen molar-refractivity contribution in [3.8, 4) is 17.0 Å². The van der Waals surface area contributed by atoms with Gasteiger partial charge in [-0.05, 0) is 60.7 Å². The van der Waals surface area contributed by atoms with Gasteiger partial charge in [0.1, 0.15) is 5.75 Å². The minimum Gasteiger partial charge on any atom is -0.497 e. The number of carbonyl (C=O) groups is 1. The summed E-state index contributed by atoms with van der Waals surface area (Å²) >= 11 is 1.48. The standard InChI is InChI=1S/C27H28N2O3S/c1-18-6-5-7-21(14-18)25-22(15-20-8-9-23(32-4)16-24(20)28-25)17-29(11-12-31-3)27(30)26-19(2)10-13-33-26/h5-10,13-16H,11-12,17H2,1-4H3. The molecule has 0 aliphatic heterocycles. The van der Waals surface area contributed by atoms with E-state index in [-0.39, 0.29) is 5.91 Å². The van der Waals surface area contributed by atoms with Crippen molar-refractivity contribution in [2.75, 3.05) is 27.4 Å². The fourth-order valence-electron chi connectivity index (χ4n) is 3.88. The smallest absolute Gasteiger partial charge is 0.264 e. The zero-order valence-electron chi connectivity index (χ0n) is 19.4. The quantitative estimate of drug-likeness (QED) is 0.330. The molecule has 0 unspecified atom stereocenters. The molecule has 0 radical (unpaired) electrons. The number of rotatable bonds is 8. The number of methoxy groups -OCH3 is 2. The lowest BCUT2D eigenvalue weighted by molar-refractivity contribution is 0.0685. The Bertz CT molecular complexity index is 1280. The largest absolute Gasteiger partial charge is 0.497 e. The molecule has 1 amide bonds. The van der Waals surface area contributed by atoms with Gasteiger partial charge in [-0.25, -0.2) is 4.98 Å². The van der Waals surface area contributed by atoms with Crippen LogP contribution < -0.4 is 4.74 Å². The summed E-state index contributed by atoms with van der Waals surface area (Å²) in [6.07, 6.45) is 0. The maximum Gasteiger partial charge on any atom is 0.264 e. The molecule has 0 aliphatic rings. The van der Waals surface area contributed by atoms with E-state index in [0.29, 0.717) is 19.7 Å². The number of thiophene rings is 1. The van der Waals surface area contributed by atoms with Gasteiger partial charge < -0.3 is 14.4 Å². The molecular weight excluding hydrogens is 432 g/mol. The predicted octanol–water partition coefficient (Wildman–Crippen LogP) is 5.88. The van der Waals surface area contributed by atoms with E-state index < -0.39 is 0 Å². The van der Waals surface area contributed by atoms with E-state index in [1.807, 2.05) is 47.5 Å². The molecule has 5 nitrogen and oxygen atoms in total. The highest BCUT2D eigenvalue weighted by atomic mass is 32.1. The maximum absolute atomic E-state index is 13.4. The lowest BCUT2D eigenvalue weighted by Gasteiger charge is -2.24. The summed E-state index contributed by atoms with van der Waals surface area (Å²) in [6.45, 7) is 5.45. The van der Waals surface area contributed by atoms with Crippen molar-refractivity contribution in [3.05, 3.63) is 81.5 Å². The number of benzene rings is 2. The van der Waals surface area contributed by atoms with Crippen molar-refractivity contribution in [2.24, 2.45) is 0 Å². The molecule has 6 heteroatoms. The minimum absolute atomic E-state index is 0.0181. The number of hydrogen-bond donors (Lipinski definition) is 0. The molecule has 0 aliphatic carbocycles. The Hall–Kier alpha value is -3.22. The first-order valence-corrected chi connectivity index (χ1v) is 11.7.